The number of benzene rings is 1. The largest absolute Gasteiger partial charge is 0.469 e. The number of carbonyl (C=O) groups excluding carboxylic acids is 2. The molecule has 3 heterocycles. The van der Waals surface area contributed by atoms with Crippen molar-refractivity contribution in [3.8, 4) is 17.1 Å². The molecule has 0 unspecified atom stereocenters. The number of hydrogen-bond acceptors (Lipinski definition) is 9. The maximum Gasteiger partial charge on any atom is 0.338 e. The minimum atomic E-state index is -0.407. The number of esters is 2. The van der Waals surface area contributed by atoms with E-state index in [9.17, 15) is 9.59 Å². The van der Waals surface area contributed by atoms with Crippen LogP contribution in [-0.4, -0.2) is 50.6 Å². The molecule has 36 heavy (non-hydrogen) atoms. The van der Waals surface area contributed by atoms with Gasteiger partial charge in [0, 0.05) is 36.5 Å². The van der Waals surface area contributed by atoms with Gasteiger partial charge < -0.3 is 14.0 Å². The lowest BCUT2D eigenvalue weighted by molar-refractivity contribution is -0.140. The van der Waals surface area contributed by atoms with Crippen molar-refractivity contribution in [1.29, 1.82) is 0 Å². The molecule has 0 saturated heterocycles. The van der Waals surface area contributed by atoms with Crippen LogP contribution in [0.1, 0.15) is 46.0 Å². The summed E-state index contributed by atoms with van der Waals surface area (Å²) in [5, 5.41) is 8.55. The van der Waals surface area contributed by atoms with Crippen molar-refractivity contribution < 1.29 is 23.6 Å². The van der Waals surface area contributed by atoms with E-state index in [1.165, 1.54) is 7.11 Å². The first kappa shape index (κ1) is 24.8. The second-order valence-corrected chi connectivity index (χ2v) is 8.18. The molecular formula is C26H27N5O5. The minimum absolute atomic E-state index is 0.228. The molecule has 0 bridgehead atoms. The van der Waals surface area contributed by atoms with Crippen LogP contribution in [0.2, 0.25) is 0 Å². The van der Waals surface area contributed by atoms with Gasteiger partial charge in [0.15, 0.2) is 0 Å². The lowest BCUT2D eigenvalue weighted by atomic mass is 10.1. The predicted molar refractivity (Wildman–Crippen MR) is 130 cm³/mol. The van der Waals surface area contributed by atoms with Crippen LogP contribution >= 0.6 is 0 Å². The lowest BCUT2D eigenvalue weighted by Gasteiger charge is -2.08. The van der Waals surface area contributed by atoms with E-state index in [1.807, 2.05) is 32.0 Å². The fourth-order valence-electron chi connectivity index (χ4n) is 3.80. The molecule has 0 amide bonds. The quantitative estimate of drug-likeness (QED) is 0.241. The molecule has 3 aromatic heterocycles. The molecule has 1 aromatic carbocycles. The monoisotopic (exact) mass is 489 g/mol. The van der Waals surface area contributed by atoms with Gasteiger partial charge in [0.25, 0.3) is 0 Å². The van der Waals surface area contributed by atoms with Crippen LogP contribution in [0.4, 0.5) is 0 Å². The third-order valence-corrected chi connectivity index (χ3v) is 5.75. The number of nitrogens with zero attached hydrogens (tertiary/aromatic N) is 5. The normalized spacial score (nSPS) is 10.9. The molecule has 0 spiro atoms. The number of methoxy groups -OCH3 is 1. The van der Waals surface area contributed by atoms with Crippen molar-refractivity contribution in [3.05, 3.63) is 77.2 Å². The summed E-state index contributed by atoms with van der Waals surface area (Å²) in [6.07, 6.45) is 5.25. The molecule has 0 N–H and O–H groups in total. The summed E-state index contributed by atoms with van der Waals surface area (Å²) >= 11 is 0. The summed E-state index contributed by atoms with van der Waals surface area (Å²) in [6.45, 7) is 4.10. The second-order valence-electron chi connectivity index (χ2n) is 8.18. The highest BCUT2D eigenvalue weighted by Gasteiger charge is 2.15. The van der Waals surface area contributed by atoms with Gasteiger partial charge in [-0.25, -0.2) is 9.48 Å². The summed E-state index contributed by atoms with van der Waals surface area (Å²) in [4.78, 5) is 32.3. The third kappa shape index (κ3) is 5.83. The van der Waals surface area contributed by atoms with Crippen molar-refractivity contribution in [2.24, 2.45) is 0 Å². The van der Waals surface area contributed by atoms with E-state index in [0.717, 1.165) is 28.2 Å². The Kier molecular flexibility index (Phi) is 7.84. The average molecular weight is 490 g/mol. The summed E-state index contributed by atoms with van der Waals surface area (Å²) in [5.74, 6) is 0.296. The van der Waals surface area contributed by atoms with Gasteiger partial charge in [0.1, 0.15) is 0 Å². The van der Waals surface area contributed by atoms with Crippen LogP contribution in [0.5, 0.6) is 0 Å². The maximum atomic E-state index is 12.4. The van der Waals surface area contributed by atoms with Crippen LogP contribution in [-0.2, 0) is 27.1 Å². The van der Waals surface area contributed by atoms with Gasteiger partial charge in [-0.3, -0.25) is 9.78 Å². The number of carbonyl (C=O) groups is 2. The van der Waals surface area contributed by atoms with Crippen molar-refractivity contribution in [3.63, 3.8) is 0 Å². The average Bonchev–Trinajstić information content (AvgIpc) is 3.49. The standard InChI is InChI=1S/C26H27N5O5/c1-17-22(12-13-24(32)34-3)18(2)31(29-17)21-10-8-19(9-11-21)26(33)35-15-5-7-23-28-25(30-36-23)20-6-4-14-27-16-20/h4,6,8-11,14,16H,5,7,12-13,15H2,1-3H3. The predicted octanol–water partition coefficient (Wildman–Crippen LogP) is 3.83. The van der Waals surface area contributed by atoms with E-state index in [4.69, 9.17) is 14.0 Å². The van der Waals surface area contributed by atoms with Crippen LogP contribution in [0.25, 0.3) is 17.1 Å². The van der Waals surface area contributed by atoms with E-state index < -0.39 is 5.97 Å². The van der Waals surface area contributed by atoms with Crippen LogP contribution < -0.4 is 0 Å². The van der Waals surface area contributed by atoms with Gasteiger partial charge in [0.05, 0.1) is 30.7 Å². The zero-order valence-electron chi connectivity index (χ0n) is 20.4. The first-order valence-electron chi connectivity index (χ1n) is 11.6. The molecule has 4 rings (SSSR count). The fraction of sp³-hybridized carbons (Fsp3) is 0.308. The Morgan fingerprint density at radius 3 is 2.61 bits per heavy atom. The van der Waals surface area contributed by atoms with Gasteiger partial charge in [-0.05, 0) is 68.7 Å². The van der Waals surface area contributed by atoms with Gasteiger partial charge in [0.2, 0.25) is 11.7 Å². The number of rotatable bonds is 10. The summed E-state index contributed by atoms with van der Waals surface area (Å²) in [5.41, 5.74) is 4.85. The highest BCUT2D eigenvalue weighted by atomic mass is 16.5. The smallest absolute Gasteiger partial charge is 0.338 e. The number of aromatic nitrogens is 5. The van der Waals surface area contributed by atoms with E-state index in [0.29, 0.717) is 43.0 Å². The molecule has 10 heteroatoms. The number of hydrogen-bond donors (Lipinski definition) is 0. The Morgan fingerprint density at radius 2 is 1.89 bits per heavy atom. The van der Waals surface area contributed by atoms with E-state index in [1.54, 1.807) is 35.3 Å². The van der Waals surface area contributed by atoms with Crippen LogP contribution in [0.15, 0.2) is 53.3 Å². The second kappa shape index (κ2) is 11.4. The van der Waals surface area contributed by atoms with Gasteiger partial charge in [-0.2, -0.15) is 10.1 Å². The Bertz CT molecular complexity index is 1330. The van der Waals surface area contributed by atoms with E-state index in [2.05, 4.69) is 20.2 Å². The van der Waals surface area contributed by atoms with Crippen molar-refractivity contribution in [2.75, 3.05) is 13.7 Å². The molecule has 10 nitrogen and oxygen atoms in total. The molecule has 0 aliphatic heterocycles. The third-order valence-electron chi connectivity index (χ3n) is 5.75. The zero-order valence-corrected chi connectivity index (χ0v) is 20.4. The van der Waals surface area contributed by atoms with E-state index in [-0.39, 0.29) is 12.6 Å². The molecular weight excluding hydrogens is 462 g/mol. The van der Waals surface area contributed by atoms with Crippen LogP contribution in [0.3, 0.4) is 0 Å². The SMILES string of the molecule is COC(=O)CCc1c(C)nn(-c2ccc(C(=O)OCCCc3nc(-c4cccnc4)no3)cc2)c1C. The highest BCUT2D eigenvalue weighted by molar-refractivity contribution is 5.89. The number of aryl methyl sites for hydroxylation is 2. The maximum absolute atomic E-state index is 12.4. The van der Waals surface area contributed by atoms with Crippen LogP contribution in [0, 0.1) is 13.8 Å². The summed E-state index contributed by atoms with van der Waals surface area (Å²) in [7, 11) is 1.38. The Labute approximate surface area is 208 Å². The van der Waals surface area contributed by atoms with Gasteiger partial charge >= 0.3 is 11.9 Å². The number of ether oxygens (including phenoxy) is 2. The Hall–Kier alpha value is -4.34. The first-order valence-corrected chi connectivity index (χ1v) is 11.6. The molecule has 0 aliphatic carbocycles. The molecule has 0 saturated carbocycles. The molecule has 0 atom stereocenters. The summed E-state index contributed by atoms with van der Waals surface area (Å²) < 4.78 is 17.2. The van der Waals surface area contributed by atoms with E-state index >= 15 is 0 Å². The fourth-order valence-corrected chi connectivity index (χ4v) is 3.80. The first-order chi connectivity index (χ1) is 17.5. The van der Waals surface area contributed by atoms with Gasteiger partial charge in [-0.15, -0.1) is 0 Å². The van der Waals surface area contributed by atoms with Crippen molar-refractivity contribution in [2.45, 2.75) is 39.5 Å². The summed E-state index contributed by atoms with van der Waals surface area (Å²) in [6, 6.07) is 10.7. The Balaban J connectivity index is 1.29. The minimum Gasteiger partial charge on any atom is -0.469 e. The molecule has 4 aromatic rings. The molecule has 0 radical (unpaired) electrons. The van der Waals surface area contributed by atoms with Crippen molar-refractivity contribution >= 4 is 11.9 Å². The lowest BCUT2D eigenvalue weighted by Crippen LogP contribution is -2.08. The Morgan fingerprint density at radius 1 is 1.08 bits per heavy atom. The zero-order chi connectivity index (χ0) is 25.5. The molecule has 186 valence electrons. The van der Waals surface area contributed by atoms with Crippen molar-refractivity contribution in [1.82, 2.24) is 24.9 Å². The molecule has 0 fully saturated rings. The molecule has 0 aliphatic rings. The van der Waals surface area contributed by atoms with Gasteiger partial charge in [-0.1, -0.05) is 5.16 Å². The highest BCUT2D eigenvalue weighted by Crippen LogP contribution is 2.20. The number of pyridine rings is 1. The topological polar surface area (TPSA) is 122 Å².